The Morgan fingerprint density at radius 3 is 2.46 bits per heavy atom. The van der Waals surface area contributed by atoms with Crippen LogP contribution in [0.3, 0.4) is 0 Å². The molecule has 6 nitrogen and oxygen atoms in total. The van der Waals surface area contributed by atoms with Gasteiger partial charge in [0.15, 0.2) is 0 Å². The first kappa shape index (κ1) is 18.0. The van der Waals surface area contributed by atoms with Gasteiger partial charge in [0.2, 0.25) is 0 Å². The van der Waals surface area contributed by atoms with E-state index >= 15 is 0 Å². The molecule has 0 radical (unpaired) electrons. The summed E-state index contributed by atoms with van der Waals surface area (Å²) in [5.41, 5.74) is 10.0. The van der Waals surface area contributed by atoms with E-state index in [1.54, 1.807) is 13.3 Å². The average molecular weight is 374 g/mol. The molecule has 0 aliphatic rings. The highest BCUT2D eigenvalue weighted by Gasteiger charge is 2.18. The summed E-state index contributed by atoms with van der Waals surface area (Å²) >= 11 is 0. The number of benzene rings is 2. The first-order chi connectivity index (χ1) is 13.5. The predicted octanol–water partition coefficient (Wildman–Crippen LogP) is 3.26. The standard InChI is InChI=1S/C22H22N4O2/c1-14-20-13-24-26(17-9-7-16(12-23)8-10-17)22(27)21(20)15(2)25(14)18-5-4-6-19(11-18)28-3/h4-11,13H,12,23H2,1-3H3. The Balaban J connectivity index is 1.94. The fraction of sp³-hybridized carbons (Fsp3) is 0.182. The van der Waals surface area contributed by atoms with Gasteiger partial charge in [-0.25, -0.2) is 0 Å². The van der Waals surface area contributed by atoms with Crippen molar-refractivity contribution in [1.82, 2.24) is 14.3 Å². The van der Waals surface area contributed by atoms with Gasteiger partial charge >= 0.3 is 0 Å². The van der Waals surface area contributed by atoms with Crippen LogP contribution in [0.2, 0.25) is 0 Å². The number of aromatic nitrogens is 3. The zero-order chi connectivity index (χ0) is 19.8. The van der Waals surface area contributed by atoms with Crippen LogP contribution in [0, 0.1) is 13.8 Å². The molecule has 0 atom stereocenters. The summed E-state index contributed by atoms with van der Waals surface area (Å²) < 4.78 is 8.85. The Bertz CT molecular complexity index is 1220. The molecule has 142 valence electrons. The highest BCUT2D eigenvalue weighted by atomic mass is 16.5. The van der Waals surface area contributed by atoms with Gasteiger partial charge in [0.1, 0.15) is 5.75 Å². The van der Waals surface area contributed by atoms with E-state index in [9.17, 15) is 4.79 Å². The van der Waals surface area contributed by atoms with Gasteiger partial charge in [-0.05, 0) is 43.7 Å². The van der Waals surface area contributed by atoms with Crippen LogP contribution in [0.5, 0.6) is 5.75 Å². The molecular formula is C22H22N4O2. The summed E-state index contributed by atoms with van der Waals surface area (Å²) in [5.74, 6) is 0.768. The molecule has 0 unspecified atom stereocenters. The largest absolute Gasteiger partial charge is 0.497 e. The van der Waals surface area contributed by atoms with E-state index in [1.807, 2.05) is 62.4 Å². The molecule has 2 aromatic heterocycles. The first-order valence-electron chi connectivity index (χ1n) is 9.09. The van der Waals surface area contributed by atoms with E-state index in [-0.39, 0.29) is 5.56 Å². The third-order valence-corrected chi connectivity index (χ3v) is 5.13. The van der Waals surface area contributed by atoms with E-state index in [0.29, 0.717) is 11.9 Å². The molecule has 0 amide bonds. The second kappa shape index (κ2) is 6.98. The van der Waals surface area contributed by atoms with Crippen LogP contribution < -0.4 is 16.0 Å². The highest BCUT2D eigenvalue weighted by molar-refractivity contribution is 5.88. The maximum Gasteiger partial charge on any atom is 0.281 e. The molecule has 6 heteroatoms. The number of hydrogen-bond acceptors (Lipinski definition) is 4. The number of nitrogens with two attached hydrogens (primary N) is 1. The van der Waals surface area contributed by atoms with E-state index in [2.05, 4.69) is 9.67 Å². The molecule has 2 N–H and O–H groups in total. The lowest BCUT2D eigenvalue weighted by Gasteiger charge is -2.10. The fourth-order valence-electron chi connectivity index (χ4n) is 3.66. The molecule has 28 heavy (non-hydrogen) atoms. The summed E-state index contributed by atoms with van der Waals surface area (Å²) in [6, 6.07) is 15.3. The smallest absolute Gasteiger partial charge is 0.281 e. The van der Waals surface area contributed by atoms with Crippen molar-refractivity contribution < 1.29 is 4.74 Å². The Kier molecular flexibility index (Phi) is 4.49. The van der Waals surface area contributed by atoms with Crippen molar-refractivity contribution in [3.8, 4) is 17.1 Å². The maximum absolute atomic E-state index is 13.3. The summed E-state index contributed by atoms with van der Waals surface area (Å²) in [7, 11) is 1.64. The van der Waals surface area contributed by atoms with Crippen molar-refractivity contribution in [3.63, 3.8) is 0 Å². The van der Waals surface area contributed by atoms with Crippen LogP contribution in [0.15, 0.2) is 59.5 Å². The van der Waals surface area contributed by atoms with E-state index in [4.69, 9.17) is 10.5 Å². The Labute approximate surface area is 162 Å². The van der Waals surface area contributed by atoms with E-state index in [0.717, 1.165) is 39.5 Å². The molecule has 2 heterocycles. The SMILES string of the molecule is COc1cccc(-n2c(C)c3cnn(-c4ccc(CN)cc4)c(=O)c3c2C)c1. The highest BCUT2D eigenvalue weighted by Crippen LogP contribution is 2.27. The second-order valence-corrected chi connectivity index (χ2v) is 6.73. The van der Waals surface area contributed by atoms with Gasteiger partial charge < -0.3 is 15.0 Å². The molecule has 0 aliphatic heterocycles. The normalized spacial score (nSPS) is 11.1. The van der Waals surface area contributed by atoms with Crippen molar-refractivity contribution in [3.05, 3.63) is 82.0 Å². The summed E-state index contributed by atoms with van der Waals surface area (Å²) in [6.07, 6.45) is 1.76. The molecule has 0 saturated heterocycles. The molecule has 4 aromatic rings. The quantitative estimate of drug-likeness (QED) is 0.595. The molecular weight excluding hydrogens is 352 g/mol. The van der Waals surface area contributed by atoms with Crippen molar-refractivity contribution in [2.24, 2.45) is 5.73 Å². The van der Waals surface area contributed by atoms with Crippen molar-refractivity contribution >= 4 is 10.8 Å². The zero-order valence-corrected chi connectivity index (χ0v) is 16.1. The number of methoxy groups -OCH3 is 1. The monoisotopic (exact) mass is 374 g/mol. The number of hydrogen-bond donors (Lipinski definition) is 1. The Morgan fingerprint density at radius 2 is 1.79 bits per heavy atom. The van der Waals surface area contributed by atoms with Crippen LogP contribution >= 0.6 is 0 Å². The van der Waals surface area contributed by atoms with E-state index < -0.39 is 0 Å². The topological polar surface area (TPSA) is 75.1 Å². The number of fused-ring (bicyclic) bond motifs is 1. The van der Waals surface area contributed by atoms with Crippen molar-refractivity contribution in [1.29, 1.82) is 0 Å². The lowest BCUT2D eigenvalue weighted by molar-refractivity contribution is 0.414. The van der Waals surface area contributed by atoms with Gasteiger partial charge in [-0.15, -0.1) is 0 Å². The minimum absolute atomic E-state index is 0.139. The number of ether oxygens (including phenoxy) is 1. The lowest BCUT2D eigenvalue weighted by atomic mass is 10.2. The van der Waals surface area contributed by atoms with Gasteiger partial charge in [-0.2, -0.15) is 9.78 Å². The third kappa shape index (κ3) is 2.78. The Morgan fingerprint density at radius 1 is 1.04 bits per heavy atom. The number of rotatable bonds is 4. The van der Waals surface area contributed by atoms with Gasteiger partial charge in [0, 0.05) is 35.1 Å². The summed E-state index contributed by atoms with van der Waals surface area (Å²) in [4.78, 5) is 13.3. The van der Waals surface area contributed by atoms with Crippen LogP contribution in [0.25, 0.3) is 22.1 Å². The molecule has 0 saturated carbocycles. The minimum Gasteiger partial charge on any atom is -0.497 e. The fourth-order valence-corrected chi connectivity index (χ4v) is 3.66. The molecule has 0 spiro atoms. The number of nitrogens with zero attached hydrogens (tertiary/aromatic N) is 3. The molecule has 4 rings (SSSR count). The zero-order valence-electron chi connectivity index (χ0n) is 16.1. The Hall–Kier alpha value is -3.38. The summed E-state index contributed by atoms with van der Waals surface area (Å²) in [6.45, 7) is 4.41. The maximum atomic E-state index is 13.3. The van der Waals surface area contributed by atoms with Gasteiger partial charge in [0.25, 0.3) is 5.56 Å². The predicted molar refractivity (Wildman–Crippen MR) is 111 cm³/mol. The van der Waals surface area contributed by atoms with Crippen LogP contribution in [-0.2, 0) is 6.54 Å². The van der Waals surface area contributed by atoms with Crippen LogP contribution in [0.4, 0.5) is 0 Å². The summed E-state index contributed by atoms with van der Waals surface area (Å²) in [5, 5.41) is 5.92. The third-order valence-electron chi connectivity index (χ3n) is 5.13. The molecule has 0 fully saturated rings. The second-order valence-electron chi connectivity index (χ2n) is 6.73. The van der Waals surface area contributed by atoms with Crippen molar-refractivity contribution in [2.45, 2.75) is 20.4 Å². The van der Waals surface area contributed by atoms with Gasteiger partial charge in [-0.3, -0.25) is 4.79 Å². The molecule has 2 aromatic carbocycles. The molecule has 0 bridgehead atoms. The van der Waals surface area contributed by atoms with Crippen LogP contribution in [-0.4, -0.2) is 21.5 Å². The first-order valence-corrected chi connectivity index (χ1v) is 9.09. The minimum atomic E-state index is -0.139. The average Bonchev–Trinajstić information content (AvgIpc) is 2.99. The van der Waals surface area contributed by atoms with Gasteiger partial charge in [-0.1, -0.05) is 18.2 Å². The van der Waals surface area contributed by atoms with Crippen LogP contribution in [0.1, 0.15) is 17.0 Å². The molecule has 0 aliphatic carbocycles. The lowest BCUT2D eigenvalue weighted by Crippen LogP contribution is -2.21. The number of aryl methyl sites for hydroxylation is 2. The van der Waals surface area contributed by atoms with Crippen molar-refractivity contribution in [2.75, 3.05) is 7.11 Å². The van der Waals surface area contributed by atoms with Gasteiger partial charge in [0.05, 0.1) is 24.4 Å². The van der Waals surface area contributed by atoms with E-state index in [1.165, 1.54) is 4.68 Å².